The van der Waals surface area contributed by atoms with Crippen LogP contribution in [0, 0.1) is 10.1 Å². The van der Waals surface area contributed by atoms with Crippen LogP contribution in [0.25, 0.3) is 0 Å². The van der Waals surface area contributed by atoms with Crippen LogP contribution in [0.2, 0.25) is 0 Å². The molecule has 0 aliphatic carbocycles. The van der Waals surface area contributed by atoms with Gasteiger partial charge in [-0.3, -0.25) is 4.79 Å². The number of rotatable bonds is 6. The van der Waals surface area contributed by atoms with Crippen molar-refractivity contribution in [2.24, 2.45) is 0 Å². The minimum atomic E-state index is -1.01. The molecule has 0 spiro atoms. The summed E-state index contributed by atoms with van der Waals surface area (Å²) < 4.78 is 0. The average Bonchev–Trinajstić information content (AvgIpc) is 1.97. The molecular weight excluding hydrogens is 202 g/mol. The monoisotopic (exact) mass is 219 g/mol. The van der Waals surface area contributed by atoms with E-state index >= 15 is 0 Å². The number of carbonyl (C=O) groups excluding carboxylic acids is 1. The highest BCUT2D eigenvalue weighted by Gasteiger charge is 2.23. The average molecular weight is 219 g/mol. The standard InChI is InChI=1S/C8H17N3O4/c1-8(2,15-11(13)14)6-9-7(12)5-10(3)4/h5-6H2,1-4H3,(H,9,12). The second-order valence-corrected chi connectivity index (χ2v) is 4.09. The van der Waals surface area contributed by atoms with E-state index in [9.17, 15) is 14.9 Å². The number of likely N-dealkylation sites (N-methyl/N-ethyl adjacent to an activating group) is 1. The summed E-state index contributed by atoms with van der Waals surface area (Å²) in [7, 11) is 3.52. The Labute approximate surface area is 88.5 Å². The number of carbonyl (C=O) groups is 1. The van der Waals surface area contributed by atoms with Gasteiger partial charge in [-0.25, -0.2) is 0 Å². The zero-order valence-corrected chi connectivity index (χ0v) is 9.44. The minimum absolute atomic E-state index is 0.0979. The lowest BCUT2D eigenvalue weighted by molar-refractivity contribution is -0.778. The second kappa shape index (κ2) is 5.50. The molecule has 1 amide bonds. The highest BCUT2D eigenvalue weighted by atomic mass is 17.0. The van der Waals surface area contributed by atoms with Crippen LogP contribution in [0.3, 0.4) is 0 Å². The van der Waals surface area contributed by atoms with Gasteiger partial charge in [0.05, 0.1) is 6.54 Å². The van der Waals surface area contributed by atoms with Crippen LogP contribution in [-0.2, 0) is 9.63 Å². The summed E-state index contributed by atoms with van der Waals surface area (Å²) in [4.78, 5) is 27.4. The molecule has 0 rings (SSSR count). The third-order valence-electron chi connectivity index (χ3n) is 1.49. The highest BCUT2D eigenvalue weighted by molar-refractivity contribution is 5.77. The third kappa shape index (κ3) is 7.68. The maximum atomic E-state index is 11.2. The Morgan fingerprint density at radius 1 is 1.53 bits per heavy atom. The van der Waals surface area contributed by atoms with Crippen LogP contribution in [0.15, 0.2) is 0 Å². The van der Waals surface area contributed by atoms with Crippen LogP contribution in [0.1, 0.15) is 13.8 Å². The van der Waals surface area contributed by atoms with E-state index in [1.165, 1.54) is 13.8 Å². The van der Waals surface area contributed by atoms with E-state index in [0.29, 0.717) is 0 Å². The lowest BCUT2D eigenvalue weighted by Gasteiger charge is -2.22. The van der Waals surface area contributed by atoms with Crippen LogP contribution >= 0.6 is 0 Å². The summed E-state index contributed by atoms with van der Waals surface area (Å²) in [5.74, 6) is -0.194. The first-order valence-corrected chi connectivity index (χ1v) is 4.48. The number of amides is 1. The SMILES string of the molecule is CN(C)CC(=O)NCC(C)(C)O[N+](=O)[O-]. The topological polar surface area (TPSA) is 84.7 Å². The van der Waals surface area contributed by atoms with Gasteiger partial charge in [0.1, 0.15) is 5.60 Å². The first kappa shape index (κ1) is 13.6. The number of hydrogen-bond donors (Lipinski definition) is 1. The molecule has 0 bridgehead atoms. The molecule has 15 heavy (non-hydrogen) atoms. The Balaban J connectivity index is 3.92. The van der Waals surface area contributed by atoms with E-state index < -0.39 is 10.7 Å². The Bertz CT molecular complexity index is 240. The predicted octanol–water partition coefficient (Wildman–Crippen LogP) is -0.349. The largest absolute Gasteiger partial charge is 0.352 e. The van der Waals surface area contributed by atoms with E-state index in [-0.39, 0.29) is 19.0 Å². The molecule has 0 aromatic carbocycles. The van der Waals surface area contributed by atoms with E-state index in [1.807, 2.05) is 0 Å². The number of hydrogen-bond acceptors (Lipinski definition) is 5. The van der Waals surface area contributed by atoms with Crippen molar-refractivity contribution in [3.8, 4) is 0 Å². The minimum Gasteiger partial charge on any atom is -0.352 e. The number of nitrogens with zero attached hydrogens (tertiary/aromatic N) is 2. The molecule has 7 nitrogen and oxygen atoms in total. The first-order chi connectivity index (χ1) is 6.73. The molecule has 0 fully saturated rings. The van der Waals surface area contributed by atoms with Crippen LogP contribution in [0.4, 0.5) is 0 Å². The molecule has 0 aliphatic rings. The molecule has 88 valence electrons. The molecule has 7 heteroatoms. The predicted molar refractivity (Wildman–Crippen MR) is 53.7 cm³/mol. The van der Waals surface area contributed by atoms with Gasteiger partial charge in [0.25, 0.3) is 5.09 Å². The van der Waals surface area contributed by atoms with Crippen molar-refractivity contribution in [2.45, 2.75) is 19.4 Å². The zero-order chi connectivity index (χ0) is 12.1. The summed E-state index contributed by atoms with van der Waals surface area (Å²) in [6, 6.07) is 0. The summed E-state index contributed by atoms with van der Waals surface area (Å²) in [6.07, 6.45) is 0. The van der Waals surface area contributed by atoms with Crippen molar-refractivity contribution in [1.29, 1.82) is 0 Å². The van der Waals surface area contributed by atoms with Gasteiger partial charge in [0.15, 0.2) is 0 Å². The lowest BCUT2D eigenvalue weighted by atomic mass is 10.1. The first-order valence-electron chi connectivity index (χ1n) is 4.48. The van der Waals surface area contributed by atoms with Crippen molar-refractivity contribution in [3.05, 3.63) is 10.1 Å². The Kier molecular flexibility index (Phi) is 4.99. The third-order valence-corrected chi connectivity index (χ3v) is 1.49. The van der Waals surface area contributed by atoms with Crippen molar-refractivity contribution in [2.75, 3.05) is 27.2 Å². The Morgan fingerprint density at radius 2 is 2.07 bits per heavy atom. The van der Waals surface area contributed by atoms with Gasteiger partial charge >= 0.3 is 0 Å². The van der Waals surface area contributed by atoms with E-state index in [0.717, 1.165) is 0 Å². The van der Waals surface area contributed by atoms with Crippen molar-refractivity contribution < 1.29 is 14.7 Å². The van der Waals surface area contributed by atoms with E-state index in [1.54, 1.807) is 19.0 Å². The molecule has 0 saturated carbocycles. The van der Waals surface area contributed by atoms with Gasteiger partial charge in [0, 0.05) is 6.54 Å². The van der Waals surface area contributed by atoms with Crippen molar-refractivity contribution in [3.63, 3.8) is 0 Å². The van der Waals surface area contributed by atoms with Gasteiger partial charge in [-0.05, 0) is 27.9 Å². The van der Waals surface area contributed by atoms with E-state index in [2.05, 4.69) is 10.2 Å². The normalized spacial score (nSPS) is 11.3. The summed E-state index contributed by atoms with van der Waals surface area (Å²) in [6.45, 7) is 3.41. The van der Waals surface area contributed by atoms with Crippen LogP contribution in [-0.4, -0.2) is 48.7 Å². The second-order valence-electron chi connectivity index (χ2n) is 4.09. The van der Waals surface area contributed by atoms with E-state index in [4.69, 9.17) is 0 Å². The molecule has 0 atom stereocenters. The van der Waals surface area contributed by atoms with Gasteiger partial charge < -0.3 is 15.1 Å². The van der Waals surface area contributed by atoms with Gasteiger partial charge in [-0.2, -0.15) is 0 Å². The fourth-order valence-electron chi connectivity index (χ4n) is 0.889. The Morgan fingerprint density at radius 3 is 2.47 bits per heavy atom. The molecule has 0 aliphatic heterocycles. The highest BCUT2D eigenvalue weighted by Crippen LogP contribution is 2.06. The van der Waals surface area contributed by atoms with Gasteiger partial charge in [-0.15, -0.1) is 10.1 Å². The smallest absolute Gasteiger partial charge is 0.295 e. The molecule has 0 saturated heterocycles. The van der Waals surface area contributed by atoms with Crippen molar-refractivity contribution >= 4 is 5.91 Å². The zero-order valence-electron chi connectivity index (χ0n) is 9.44. The van der Waals surface area contributed by atoms with Gasteiger partial charge in [-0.1, -0.05) is 0 Å². The molecule has 0 aromatic rings. The summed E-state index contributed by atoms with van der Waals surface area (Å²) >= 11 is 0. The molecule has 1 N–H and O–H groups in total. The fraction of sp³-hybridized carbons (Fsp3) is 0.875. The lowest BCUT2D eigenvalue weighted by Crippen LogP contribution is -2.44. The molecule has 0 radical (unpaired) electrons. The number of nitrogens with one attached hydrogen (secondary N) is 1. The maximum absolute atomic E-state index is 11.2. The van der Waals surface area contributed by atoms with Crippen molar-refractivity contribution in [1.82, 2.24) is 10.2 Å². The van der Waals surface area contributed by atoms with Crippen LogP contribution < -0.4 is 5.32 Å². The Hall–Kier alpha value is -1.37. The fourth-order valence-corrected chi connectivity index (χ4v) is 0.889. The maximum Gasteiger partial charge on any atom is 0.295 e. The summed E-state index contributed by atoms with van der Waals surface area (Å²) in [5.41, 5.74) is -1.01. The molecular formula is C8H17N3O4. The quantitative estimate of drug-likeness (QED) is 0.487. The van der Waals surface area contributed by atoms with Crippen LogP contribution in [0.5, 0.6) is 0 Å². The molecule has 0 aromatic heterocycles. The summed E-state index contributed by atoms with van der Waals surface area (Å²) in [5, 5.41) is 11.8. The molecule has 0 unspecified atom stereocenters. The van der Waals surface area contributed by atoms with Gasteiger partial charge in [0.2, 0.25) is 5.91 Å². The molecule has 0 heterocycles.